The highest BCUT2D eigenvalue weighted by Gasteiger charge is 2.13. The second-order valence-corrected chi connectivity index (χ2v) is 5.60. The molecule has 0 fully saturated rings. The molecule has 0 saturated heterocycles. The highest BCUT2D eigenvalue weighted by Crippen LogP contribution is 2.29. The van der Waals surface area contributed by atoms with Crippen LogP contribution in [0.1, 0.15) is 11.1 Å². The van der Waals surface area contributed by atoms with Crippen LogP contribution in [0.3, 0.4) is 0 Å². The first-order chi connectivity index (χ1) is 13.1. The lowest BCUT2D eigenvalue weighted by Crippen LogP contribution is -2.17. The average molecular weight is 366 g/mol. The molecule has 2 rings (SSSR count). The standard InChI is InChI=1S/C20H22N4O3/c1-26-17-6-7-19(27-2)18(9-17)24-20(25)16(11-22)13-23-12-15-5-3-4-14(8-15)10-21/h3-9,13,23H,10,12,21H2,1-2H3,(H,24,25)/b16-13-. The average Bonchev–Trinajstić information content (AvgIpc) is 2.71. The third-order valence-electron chi connectivity index (χ3n) is 3.80. The van der Waals surface area contributed by atoms with E-state index in [1.54, 1.807) is 18.2 Å². The summed E-state index contributed by atoms with van der Waals surface area (Å²) in [5, 5.41) is 14.9. The Kier molecular flexibility index (Phi) is 7.23. The summed E-state index contributed by atoms with van der Waals surface area (Å²) in [5.74, 6) is 0.478. The van der Waals surface area contributed by atoms with Crippen molar-refractivity contribution in [2.24, 2.45) is 5.73 Å². The van der Waals surface area contributed by atoms with Crippen molar-refractivity contribution in [2.75, 3.05) is 19.5 Å². The second kappa shape index (κ2) is 9.85. The van der Waals surface area contributed by atoms with Gasteiger partial charge in [0.25, 0.3) is 5.91 Å². The molecule has 0 spiro atoms. The fourth-order valence-electron chi connectivity index (χ4n) is 2.39. The number of nitrogens with two attached hydrogens (primary N) is 1. The Morgan fingerprint density at radius 1 is 1.19 bits per heavy atom. The number of methoxy groups -OCH3 is 2. The molecule has 0 aromatic heterocycles. The Hall–Kier alpha value is -3.50. The molecule has 4 N–H and O–H groups in total. The number of nitriles is 1. The predicted octanol–water partition coefficient (Wildman–Crippen LogP) is 2.30. The minimum absolute atomic E-state index is 0.0603. The monoisotopic (exact) mass is 366 g/mol. The number of carbonyl (C=O) groups is 1. The Labute approximate surface area is 158 Å². The molecule has 7 nitrogen and oxygen atoms in total. The normalized spacial score (nSPS) is 10.7. The largest absolute Gasteiger partial charge is 0.497 e. The molecule has 0 aliphatic rings. The van der Waals surface area contributed by atoms with E-state index in [0.29, 0.717) is 30.3 Å². The number of nitrogens with zero attached hydrogens (tertiary/aromatic N) is 1. The Bertz CT molecular complexity index is 872. The van der Waals surface area contributed by atoms with Crippen molar-refractivity contribution in [3.8, 4) is 17.6 Å². The minimum Gasteiger partial charge on any atom is -0.497 e. The lowest BCUT2D eigenvalue weighted by molar-refractivity contribution is -0.112. The molecule has 0 atom stereocenters. The van der Waals surface area contributed by atoms with Crippen LogP contribution in [0.15, 0.2) is 54.2 Å². The molecule has 140 valence electrons. The van der Waals surface area contributed by atoms with Crippen LogP contribution in [0.2, 0.25) is 0 Å². The highest BCUT2D eigenvalue weighted by molar-refractivity contribution is 6.07. The van der Waals surface area contributed by atoms with E-state index in [0.717, 1.165) is 11.1 Å². The van der Waals surface area contributed by atoms with Crippen LogP contribution in [0.4, 0.5) is 5.69 Å². The fraction of sp³-hybridized carbons (Fsp3) is 0.200. The van der Waals surface area contributed by atoms with Gasteiger partial charge in [0.15, 0.2) is 0 Å². The molecule has 0 radical (unpaired) electrons. The van der Waals surface area contributed by atoms with Crippen LogP contribution in [-0.4, -0.2) is 20.1 Å². The molecule has 2 aromatic rings. The van der Waals surface area contributed by atoms with Gasteiger partial charge >= 0.3 is 0 Å². The first-order valence-electron chi connectivity index (χ1n) is 8.26. The van der Waals surface area contributed by atoms with Gasteiger partial charge < -0.3 is 25.8 Å². The first-order valence-corrected chi connectivity index (χ1v) is 8.26. The van der Waals surface area contributed by atoms with Crippen molar-refractivity contribution < 1.29 is 14.3 Å². The number of carbonyl (C=O) groups excluding carboxylic acids is 1. The number of amides is 1. The second-order valence-electron chi connectivity index (χ2n) is 5.60. The molecule has 0 heterocycles. The summed E-state index contributed by atoms with van der Waals surface area (Å²) in [4.78, 5) is 12.4. The summed E-state index contributed by atoms with van der Waals surface area (Å²) in [6.45, 7) is 0.923. The van der Waals surface area contributed by atoms with E-state index in [1.807, 2.05) is 30.3 Å². The number of hydrogen-bond acceptors (Lipinski definition) is 6. The topological polar surface area (TPSA) is 109 Å². The van der Waals surface area contributed by atoms with Crippen LogP contribution < -0.4 is 25.8 Å². The van der Waals surface area contributed by atoms with Crippen LogP contribution in [-0.2, 0) is 17.9 Å². The zero-order chi connectivity index (χ0) is 19.6. The quantitative estimate of drug-likeness (QED) is 0.488. The predicted molar refractivity (Wildman–Crippen MR) is 103 cm³/mol. The van der Waals surface area contributed by atoms with Gasteiger partial charge in [-0.05, 0) is 23.3 Å². The summed E-state index contributed by atoms with van der Waals surface area (Å²) in [6, 6.07) is 14.7. The Balaban J connectivity index is 2.07. The smallest absolute Gasteiger partial charge is 0.267 e. The fourth-order valence-corrected chi connectivity index (χ4v) is 2.39. The molecular formula is C20H22N4O3. The molecule has 0 unspecified atom stereocenters. The van der Waals surface area contributed by atoms with Gasteiger partial charge in [-0.25, -0.2) is 0 Å². The number of hydrogen-bond donors (Lipinski definition) is 3. The van der Waals surface area contributed by atoms with E-state index in [1.165, 1.54) is 20.4 Å². The van der Waals surface area contributed by atoms with E-state index in [4.69, 9.17) is 15.2 Å². The molecule has 0 bridgehead atoms. The van der Waals surface area contributed by atoms with Gasteiger partial charge in [0.2, 0.25) is 0 Å². The van der Waals surface area contributed by atoms with Gasteiger partial charge in [-0.15, -0.1) is 0 Å². The number of nitrogens with one attached hydrogen (secondary N) is 2. The van der Waals surface area contributed by atoms with Gasteiger partial charge in [0.1, 0.15) is 23.1 Å². The van der Waals surface area contributed by atoms with Gasteiger partial charge in [-0.2, -0.15) is 5.26 Å². The van der Waals surface area contributed by atoms with E-state index in [9.17, 15) is 10.1 Å². The van der Waals surface area contributed by atoms with Crippen LogP contribution in [0, 0.1) is 11.3 Å². The highest BCUT2D eigenvalue weighted by atomic mass is 16.5. The molecule has 0 aliphatic carbocycles. The van der Waals surface area contributed by atoms with Gasteiger partial charge in [-0.1, -0.05) is 24.3 Å². The molecule has 7 heteroatoms. The number of ether oxygens (including phenoxy) is 2. The van der Waals surface area contributed by atoms with E-state index in [-0.39, 0.29) is 5.57 Å². The lowest BCUT2D eigenvalue weighted by atomic mass is 10.1. The van der Waals surface area contributed by atoms with E-state index in [2.05, 4.69) is 10.6 Å². The number of anilines is 1. The summed E-state index contributed by atoms with van der Waals surface area (Å²) < 4.78 is 10.4. The van der Waals surface area contributed by atoms with Crippen molar-refractivity contribution in [2.45, 2.75) is 13.1 Å². The summed E-state index contributed by atoms with van der Waals surface area (Å²) >= 11 is 0. The van der Waals surface area contributed by atoms with Crippen molar-refractivity contribution in [3.63, 3.8) is 0 Å². The summed E-state index contributed by atoms with van der Waals surface area (Å²) in [5.41, 5.74) is 8.00. The van der Waals surface area contributed by atoms with Gasteiger partial charge in [-0.3, -0.25) is 4.79 Å². The molecular weight excluding hydrogens is 344 g/mol. The van der Waals surface area contributed by atoms with Crippen LogP contribution >= 0.6 is 0 Å². The van der Waals surface area contributed by atoms with Crippen molar-refractivity contribution in [1.29, 1.82) is 5.26 Å². The third-order valence-corrected chi connectivity index (χ3v) is 3.80. The minimum atomic E-state index is -0.549. The van der Waals surface area contributed by atoms with Crippen LogP contribution in [0.25, 0.3) is 0 Å². The Morgan fingerprint density at radius 3 is 2.63 bits per heavy atom. The molecule has 0 aliphatic heterocycles. The third kappa shape index (κ3) is 5.49. The Morgan fingerprint density at radius 2 is 1.96 bits per heavy atom. The first kappa shape index (κ1) is 19.8. The molecule has 0 saturated carbocycles. The lowest BCUT2D eigenvalue weighted by Gasteiger charge is -2.11. The maximum Gasteiger partial charge on any atom is 0.267 e. The maximum absolute atomic E-state index is 12.4. The summed E-state index contributed by atoms with van der Waals surface area (Å²) in [6.07, 6.45) is 1.39. The number of rotatable bonds is 8. The SMILES string of the molecule is COc1ccc(OC)c(NC(=O)/C(C#N)=C\NCc2cccc(CN)c2)c1. The summed E-state index contributed by atoms with van der Waals surface area (Å²) in [7, 11) is 3.02. The zero-order valence-electron chi connectivity index (χ0n) is 15.3. The van der Waals surface area contributed by atoms with Crippen molar-refractivity contribution in [1.82, 2.24) is 5.32 Å². The van der Waals surface area contributed by atoms with E-state index >= 15 is 0 Å². The van der Waals surface area contributed by atoms with Crippen LogP contribution in [0.5, 0.6) is 11.5 Å². The molecule has 2 aromatic carbocycles. The van der Waals surface area contributed by atoms with Crippen molar-refractivity contribution in [3.05, 3.63) is 65.4 Å². The molecule has 1 amide bonds. The van der Waals surface area contributed by atoms with Crippen molar-refractivity contribution >= 4 is 11.6 Å². The van der Waals surface area contributed by atoms with E-state index < -0.39 is 5.91 Å². The number of benzene rings is 2. The molecule has 27 heavy (non-hydrogen) atoms. The zero-order valence-corrected chi connectivity index (χ0v) is 15.3. The van der Waals surface area contributed by atoms with Gasteiger partial charge in [0.05, 0.1) is 19.9 Å². The maximum atomic E-state index is 12.4. The van der Waals surface area contributed by atoms with Gasteiger partial charge in [0, 0.05) is 25.4 Å².